The summed E-state index contributed by atoms with van der Waals surface area (Å²) in [7, 11) is 1.69. The van der Waals surface area contributed by atoms with Crippen LogP contribution in [0, 0.1) is 0 Å². The largest absolute Gasteiger partial charge is 0.444 e. The van der Waals surface area contributed by atoms with E-state index >= 15 is 0 Å². The normalized spacial score (nSPS) is 22.6. The molecule has 10 nitrogen and oxygen atoms in total. The van der Waals surface area contributed by atoms with Gasteiger partial charge in [0.25, 0.3) is 5.91 Å². The first-order valence-corrected chi connectivity index (χ1v) is 9.43. The van der Waals surface area contributed by atoms with Crippen molar-refractivity contribution in [3.8, 4) is 0 Å². The lowest BCUT2D eigenvalue weighted by atomic mass is 10.1. The number of carbonyl (C=O) groups excluding carboxylic acids is 2. The van der Waals surface area contributed by atoms with E-state index in [0.717, 1.165) is 25.0 Å². The van der Waals surface area contributed by atoms with Gasteiger partial charge < -0.3 is 20.1 Å². The summed E-state index contributed by atoms with van der Waals surface area (Å²) < 4.78 is 12.7. The molecule has 0 radical (unpaired) electrons. The van der Waals surface area contributed by atoms with Gasteiger partial charge in [0.05, 0.1) is 12.3 Å². The van der Waals surface area contributed by atoms with Gasteiger partial charge in [0, 0.05) is 31.3 Å². The second kappa shape index (κ2) is 7.27. The van der Waals surface area contributed by atoms with E-state index in [-0.39, 0.29) is 29.7 Å². The summed E-state index contributed by atoms with van der Waals surface area (Å²) in [5.41, 5.74) is 1.08. The molecule has 10 heteroatoms. The lowest BCUT2D eigenvalue weighted by molar-refractivity contribution is 0.0671. The van der Waals surface area contributed by atoms with E-state index in [1.807, 2.05) is 0 Å². The molecule has 3 N–H and O–H groups in total. The molecule has 2 aliphatic rings. The zero-order valence-electron chi connectivity index (χ0n) is 15.9. The molecule has 1 saturated carbocycles. The van der Waals surface area contributed by atoms with Crippen molar-refractivity contribution in [1.29, 1.82) is 0 Å². The summed E-state index contributed by atoms with van der Waals surface area (Å²) in [4.78, 5) is 24.3. The molecule has 28 heavy (non-hydrogen) atoms. The Morgan fingerprint density at radius 3 is 2.96 bits per heavy atom. The number of nitrogens with one attached hydrogen (secondary N) is 3. The van der Waals surface area contributed by atoms with Crippen LogP contribution in [-0.2, 0) is 16.5 Å². The van der Waals surface area contributed by atoms with E-state index in [9.17, 15) is 9.59 Å². The second-order valence-electron chi connectivity index (χ2n) is 7.35. The topological polar surface area (TPSA) is 123 Å². The maximum Gasteiger partial charge on any atom is 0.407 e. The Hall–Kier alpha value is -2.88. The fraction of sp³-hybridized carbons (Fsp3) is 0.556. The minimum absolute atomic E-state index is 0.0692. The van der Waals surface area contributed by atoms with Crippen LogP contribution in [0.4, 0.5) is 10.6 Å². The number of alkyl carbamates (subject to hydrolysis) is 1. The number of anilines is 1. The fourth-order valence-corrected chi connectivity index (χ4v) is 3.35. The second-order valence-corrected chi connectivity index (χ2v) is 7.35. The Morgan fingerprint density at radius 1 is 1.46 bits per heavy atom. The van der Waals surface area contributed by atoms with E-state index < -0.39 is 0 Å². The van der Waals surface area contributed by atoms with Crippen molar-refractivity contribution in [2.75, 3.05) is 11.9 Å². The zero-order chi connectivity index (χ0) is 19.7. The van der Waals surface area contributed by atoms with E-state index in [1.165, 1.54) is 4.68 Å². The van der Waals surface area contributed by atoms with Gasteiger partial charge >= 0.3 is 6.09 Å². The molecule has 2 atom stereocenters. The number of aromatic nitrogens is 4. The molecule has 0 unspecified atom stereocenters. The van der Waals surface area contributed by atoms with Crippen molar-refractivity contribution in [3.05, 3.63) is 29.7 Å². The molecule has 0 spiro atoms. The van der Waals surface area contributed by atoms with E-state index in [0.29, 0.717) is 24.5 Å². The summed E-state index contributed by atoms with van der Waals surface area (Å²) >= 11 is 0. The number of H-pyrrole nitrogens is 1. The van der Waals surface area contributed by atoms with E-state index in [2.05, 4.69) is 32.9 Å². The average molecular weight is 388 g/mol. The van der Waals surface area contributed by atoms with Crippen LogP contribution in [-0.4, -0.2) is 50.2 Å². The highest BCUT2D eigenvalue weighted by atomic mass is 16.6. The quantitative estimate of drug-likeness (QED) is 0.694. The van der Waals surface area contributed by atoms with Crippen molar-refractivity contribution < 1.29 is 19.1 Å². The number of ether oxygens (including phenoxy) is 2. The third kappa shape index (κ3) is 3.86. The minimum atomic E-state index is -0.387. The Labute approximate surface area is 162 Å². The molecule has 2 fully saturated rings. The van der Waals surface area contributed by atoms with Crippen molar-refractivity contribution >= 4 is 17.8 Å². The number of hydrogen-bond acceptors (Lipinski definition) is 6. The number of hydrogen-bond donors (Lipinski definition) is 3. The number of rotatable bonds is 6. The van der Waals surface area contributed by atoms with Gasteiger partial charge in [-0.1, -0.05) is 6.92 Å². The predicted octanol–water partition coefficient (Wildman–Crippen LogP) is 1.89. The molecule has 0 aromatic carbocycles. The first-order valence-electron chi connectivity index (χ1n) is 9.43. The van der Waals surface area contributed by atoms with Crippen molar-refractivity contribution in [1.82, 2.24) is 25.3 Å². The monoisotopic (exact) mass is 388 g/mol. The van der Waals surface area contributed by atoms with Crippen LogP contribution >= 0.6 is 0 Å². The molecule has 1 saturated heterocycles. The Morgan fingerprint density at radius 2 is 2.29 bits per heavy atom. The molecular weight excluding hydrogens is 364 g/mol. The van der Waals surface area contributed by atoms with Gasteiger partial charge in [0.2, 0.25) is 0 Å². The smallest absolute Gasteiger partial charge is 0.407 e. The molecule has 0 bridgehead atoms. The number of carbonyl (C=O) groups is 2. The van der Waals surface area contributed by atoms with E-state index in [1.54, 1.807) is 25.4 Å². The molecular formula is C18H24N6O4. The third-order valence-electron chi connectivity index (χ3n) is 5.37. The molecule has 150 valence electrons. The highest BCUT2D eigenvalue weighted by molar-refractivity contribution is 6.02. The number of amides is 2. The summed E-state index contributed by atoms with van der Waals surface area (Å²) in [6.45, 7) is 2.39. The average Bonchev–Trinajstić information content (AvgIpc) is 3.04. The first-order chi connectivity index (χ1) is 13.5. The lowest BCUT2D eigenvalue weighted by Crippen LogP contribution is -2.38. The first kappa shape index (κ1) is 18.5. The van der Waals surface area contributed by atoms with Crippen molar-refractivity contribution in [2.45, 2.75) is 50.4 Å². The van der Waals surface area contributed by atoms with Crippen molar-refractivity contribution in [2.24, 2.45) is 7.05 Å². The number of aromatic amines is 1. The van der Waals surface area contributed by atoms with Crippen LogP contribution in [0.25, 0.3) is 0 Å². The van der Waals surface area contributed by atoms with Gasteiger partial charge in [-0.3, -0.25) is 14.6 Å². The molecule has 2 amide bonds. The van der Waals surface area contributed by atoms with Crippen molar-refractivity contribution in [3.63, 3.8) is 0 Å². The molecule has 3 heterocycles. The minimum Gasteiger partial charge on any atom is -0.444 e. The van der Waals surface area contributed by atoms with Crippen LogP contribution in [0.15, 0.2) is 18.3 Å². The van der Waals surface area contributed by atoms with E-state index in [4.69, 9.17) is 9.47 Å². The molecule has 2 aromatic rings. The summed E-state index contributed by atoms with van der Waals surface area (Å²) in [5, 5.41) is 16.6. The van der Waals surface area contributed by atoms with Gasteiger partial charge in [-0.25, -0.2) is 4.79 Å². The standard InChI is InChI=1S/C18H24N6O4/c1-3-18(5-6-18)21-17(26)28-11-8-14(27-10-11)12-9-15(23-22-12)20-16(25)13-4-7-19-24(13)2/h4,7,9,11,14H,3,5-6,8,10H2,1-2H3,(H,21,26)(H2,20,22,23,25)/t11-,14-/m0/s1. The van der Waals surface area contributed by atoms with Gasteiger partial charge in [0.1, 0.15) is 17.9 Å². The summed E-state index contributed by atoms with van der Waals surface area (Å²) in [6, 6.07) is 3.35. The fourth-order valence-electron chi connectivity index (χ4n) is 3.35. The maximum absolute atomic E-state index is 12.2. The SMILES string of the molecule is CCC1(NC(=O)O[C@@H]2CO[C@H](c3cc(NC(=O)c4ccnn4C)n[nH]3)C2)CC1. The van der Waals surface area contributed by atoms with Gasteiger partial charge in [-0.2, -0.15) is 10.2 Å². The number of nitrogens with zero attached hydrogens (tertiary/aromatic N) is 3. The van der Waals surface area contributed by atoms with Crippen LogP contribution in [0.1, 0.15) is 54.9 Å². The molecule has 1 aliphatic carbocycles. The molecule has 4 rings (SSSR count). The Kier molecular flexibility index (Phi) is 4.80. The highest BCUT2D eigenvalue weighted by Crippen LogP contribution is 2.38. The van der Waals surface area contributed by atoms with Gasteiger partial charge in [-0.05, 0) is 25.3 Å². The van der Waals surface area contributed by atoms with Gasteiger partial charge in [0.15, 0.2) is 5.82 Å². The van der Waals surface area contributed by atoms with Crippen LogP contribution in [0.5, 0.6) is 0 Å². The van der Waals surface area contributed by atoms with Crippen LogP contribution in [0.2, 0.25) is 0 Å². The van der Waals surface area contributed by atoms with Gasteiger partial charge in [-0.15, -0.1) is 0 Å². The summed E-state index contributed by atoms with van der Waals surface area (Å²) in [5.74, 6) is 0.0960. The Bertz CT molecular complexity index is 871. The van der Waals surface area contributed by atoms with Crippen LogP contribution < -0.4 is 10.6 Å². The maximum atomic E-state index is 12.2. The lowest BCUT2D eigenvalue weighted by Gasteiger charge is -2.17. The van der Waals surface area contributed by atoms with Crippen LogP contribution in [0.3, 0.4) is 0 Å². The highest BCUT2D eigenvalue weighted by Gasteiger charge is 2.43. The number of aryl methyl sites for hydroxylation is 1. The third-order valence-corrected chi connectivity index (χ3v) is 5.37. The zero-order valence-corrected chi connectivity index (χ0v) is 15.9. The Balaban J connectivity index is 1.29. The molecule has 2 aromatic heterocycles. The molecule has 1 aliphatic heterocycles. The summed E-state index contributed by atoms with van der Waals surface area (Å²) in [6.07, 6.45) is 4.04. The predicted molar refractivity (Wildman–Crippen MR) is 98.7 cm³/mol.